The maximum absolute atomic E-state index is 12.4. The van der Waals surface area contributed by atoms with Crippen LogP contribution < -0.4 is 5.32 Å². The number of ether oxygens (including phenoxy) is 1. The summed E-state index contributed by atoms with van der Waals surface area (Å²) in [5.41, 5.74) is 5.33. The van der Waals surface area contributed by atoms with Gasteiger partial charge >= 0.3 is 5.97 Å². The second-order valence-corrected chi connectivity index (χ2v) is 5.94. The number of benzene rings is 2. The van der Waals surface area contributed by atoms with Crippen LogP contribution in [0.3, 0.4) is 0 Å². The number of esters is 1. The van der Waals surface area contributed by atoms with Crippen LogP contribution in [-0.2, 0) is 28.8 Å². The Morgan fingerprint density at radius 2 is 1.96 bits per heavy atom. The second-order valence-electron chi connectivity index (χ2n) is 5.94. The molecule has 1 heterocycles. The highest BCUT2D eigenvalue weighted by Crippen LogP contribution is 2.28. The summed E-state index contributed by atoms with van der Waals surface area (Å²) < 4.78 is 4.77. The molecule has 1 aliphatic rings. The topological polar surface area (TPSA) is 55.4 Å². The van der Waals surface area contributed by atoms with Crippen molar-refractivity contribution in [3.8, 4) is 0 Å². The van der Waals surface area contributed by atoms with E-state index in [1.54, 1.807) is 18.2 Å². The van der Waals surface area contributed by atoms with Gasteiger partial charge in [-0.3, -0.25) is 4.79 Å². The number of hydrogen-bond donors (Lipinski definition) is 1. The summed E-state index contributed by atoms with van der Waals surface area (Å²) in [6.07, 6.45) is 1.35. The number of hydrogen-bond acceptors (Lipinski definition) is 4. The standard InChI is InChI=1S/C20H19NO3/c1-13-9-16-10-14(7-8-19(16)21-13)11-17(22)12-15-5-3-4-6-18(15)20(23)24-2/h3-8,10,21H,1,9,11-12H2,2H3. The summed E-state index contributed by atoms with van der Waals surface area (Å²) >= 11 is 0. The van der Waals surface area contributed by atoms with Crippen LogP contribution in [0.1, 0.15) is 27.0 Å². The average Bonchev–Trinajstić information content (AvgIpc) is 2.94. The molecule has 2 aromatic rings. The van der Waals surface area contributed by atoms with E-state index < -0.39 is 5.97 Å². The third-order valence-electron chi connectivity index (χ3n) is 4.10. The van der Waals surface area contributed by atoms with E-state index in [2.05, 4.69) is 11.9 Å². The molecule has 122 valence electrons. The number of allylic oxidation sites excluding steroid dienone is 1. The first kappa shape index (κ1) is 16.0. The molecule has 0 aliphatic carbocycles. The minimum Gasteiger partial charge on any atom is -0.465 e. The van der Waals surface area contributed by atoms with Gasteiger partial charge in [0.2, 0.25) is 0 Å². The van der Waals surface area contributed by atoms with E-state index >= 15 is 0 Å². The fourth-order valence-electron chi connectivity index (χ4n) is 2.98. The molecule has 0 bridgehead atoms. The van der Waals surface area contributed by atoms with Crippen molar-refractivity contribution in [1.29, 1.82) is 0 Å². The van der Waals surface area contributed by atoms with Gasteiger partial charge in [-0.25, -0.2) is 4.79 Å². The van der Waals surface area contributed by atoms with E-state index in [-0.39, 0.29) is 12.2 Å². The van der Waals surface area contributed by atoms with Crippen LogP contribution in [0.5, 0.6) is 0 Å². The van der Waals surface area contributed by atoms with Gasteiger partial charge < -0.3 is 10.1 Å². The molecule has 4 nitrogen and oxygen atoms in total. The molecule has 1 aliphatic heterocycles. The Labute approximate surface area is 141 Å². The van der Waals surface area contributed by atoms with Gasteiger partial charge in [0.25, 0.3) is 0 Å². The van der Waals surface area contributed by atoms with Gasteiger partial charge in [0.05, 0.1) is 12.7 Å². The Balaban J connectivity index is 1.72. The summed E-state index contributed by atoms with van der Waals surface area (Å²) in [7, 11) is 1.34. The lowest BCUT2D eigenvalue weighted by Gasteiger charge is -2.08. The van der Waals surface area contributed by atoms with E-state index in [4.69, 9.17) is 4.74 Å². The highest BCUT2D eigenvalue weighted by molar-refractivity contribution is 5.93. The van der Waals surface area contributed by atoms with Crippen LogP contribution in [0.2, 0.25) is 0 Å². The maximum Gasteiger partial charge on any atom is 0.338 e. The third-order valence-corrected chi connectivity index (χ3v) is 4.10. The smallest absolute Gasteiger partial charge is 0.338 e. The summed E-state index contributed by atoms with van der Waals surface area (Å²) in [4.78, 5) is 24.2. The third kappa shape index (κ3) is 3.38. The Morgan fingerprint density at radius 1 is 1.17 bits per heavy atom. The molecule has 0 amide bonds. The Kier molecular flexibility index (Phi) is 4.47. The summed E-state index contributed by atoms with van der Waals surface area (Å²) in [5, 5.41) is 3.21. The van der Waals surface area contributed by atoms with Crippen molar-refractivity contribution in [3.05, 3.63) is 77.0 Å². The normalized spacial score (nSPS) is 12.5. The minimum absolute atomic E-state index is 0.0658. The van der Waals surface area contributed by atoms with Gasteiger partial charge in [-0.2, -0.15) is 0 Å². The molecule has 0 atom stereocenters. The SMILES string of the molecule is C=C1Cc2cc(CC(=O)Cc3ccccc3C(=O)OC)ccc2N1. The van der Waals surface area contributed by atoms with Crippen LogP contribution in [0.25, 0.3) is 0 Å². The minimum atomic E-state index is -0.416. The molecular weight excluding hydrogens is 302 g/mol. The zero-order chi connectivity index (χ0) is 17.1. The molecule has 2 aromatic carbocycles. The number of carbonyl (C=O) groups is 2. The van der Waals surface area contributed by atoms with Gasteiger partial charge in [0.1, 0.15) is 5.78 Å². The Bertz CT molecular complexity index is 823. The fraction of sp³-hybridized carbons (Fsp3) is 0.200. The largest absolute Gasteiger partial charge is 0.465 e. The Hall–Kier alpha value is -2.88. The van der Waals surface area contributed by atoms with E-state index in [1.807, 2.05) is 24.3 Å². The van der Waals surface area contributed by atoms with Crippen LogP contribution in [0, 0.1) is 0 Å². The van der Waals surface area contributed by atoms with Crippen molar-refractivity contribution in [2.24, 2.45) is 0 Å². The molecule has 0 aromatic heterocycles. The molecule has 0 saturated heterocycles. The number of rotatable bonds is 5. The van der Waals surface area contributed by atoms with Gasteiger partial charge in [0.15, 0.2) is 0 Å². The highest BCUT2D eigenvalue weighted by Gasteiger charge is 2.16. The number of methoxy groups -OCH3 is 1. The predicted octanol–water partition coefficient (Wildman–Crippen LogP) is 3.31. The van der Waals surface area contributed by atoms with Crippen molar-refractivity contribution in [2.45, 2.75) is 19.3 Å². The first-order valence-electron chi connectivity index (χ1n) is 7.81. The highest BCUT2D eigenvalue weighted by atomic mass is 16.5. The van der Waals surface area contributed by atoms with Crippen molar-refractivity contribution >= 4 is 17.4 Å². The zero-order valence-electron chi connectivity index (χ0n) is 13.6. The lowest BCUT2D eigenvalue weighted by atomic mass is 9.97. The number of ketones is 1. The quantitative estimate of drug-likeness (QED) is 0.859. The monoisotopic (exact) mass is 321 g/mol. The molecule has 24 heavy (non-hydrogen) atoms. The van der Waals surface area contributed by atoms with Crippen molar-refractivity contribution in [2.75, 3.05) is 12.4 Å². The van der Waals surface area contributed by atoms with E-state index in [0.29, 0.717) is 17.5 Å². The lowest BCUT2D eigenvalue weighted by Crippen LogP contribution is -2.12. The van der Waals surface area contributed by atoms with Gasteiger partial charge in [-0.05, 0) is 28.8 Å². The number of carbonyl (C=O) groups excluding carboxylic acids is 2. The molecule has 0 saturated carbocycles. The summed E-state index contributed by atoms with van der Waals surface area (Å²) in [5.74, 6) is -0.350. The van der Waals surface area contributed by atoms with Crippen molar-refractivity contribution in [3.63, 3.8) is 0 Å². The number of anilines is 1. The van der Waals surface area contributed by atoms with Crippen LogP contribution in [0.15, 0.2) is 54.7 Å². The number of nitrogens with one attached hydrogen (secondary N) is 1. The first-order chi connectivity index (χ1) is 11.6. The van der Waals surface area contributed by atoms with Gasteiger partial charge in [0, 0.05) is 30.6 Å². The molecule has 1 N–H and O–H groups in total. The zero-order valence-corrected chi connectivity index (χ0v) is 13.6. The van der Waals surface area contributed by atoms with E-state index in [9.17, 15) is 9.59 Å². The first-order valence-corrected chi connectivity index (χ1v) is 7.81. The second kappa shape index (κ2) is 6.71. The predicted molar refractivity (Wildman–Crippen MR) is 93.1 cm³/mol. The Morgan fingerprint density at radius 3 is 2.75 bits per heavy atom. The summed E-state index contributed by atoms with van der Waals surface area (Å²) in [6.45, 7) is 3.93. The van der Waals surface area contributed by atoms with Crippen LogP contribution >= 0.6 is 0 Å². The van der Waals surface area contributed by atoms with Gasteiger partial charge in [-0.15, -0.1) is 0 Å². The average molecular weight is 321 g/mol. The molecule has 0 unspecified atom stereocenters. The molecule has 0 radical (unpaired) electrons. The molecule has 4 heteroatoms. The fourth-order valence-corrected chi connectivity index (χ4v) is 2.98. The van der Waals surface area contributed by atoms with Crippen molar-refractivity contribution < 1.29 is 14.3 Å². The van der Waals surface area contributed by atoms with E-state index in [1.165, 1.54) is 12.7 Å². The lowest BCUT2D eigenvalue weighted by molar-refractivity contribution is -0.117. The number of Topliss-reactive ketones (excluding diaryl/α,β-unsaturated/α-hetero) is 1. The maximum atomic E-state index is 12.4. The molecular formula is C20H19NO3. The molecule has 0 fully saturated rings. The van der Waals surface area contributed by atoms with Gasteiger partial charge in [-0.1, -0.05) is 36.9 Å². The van der Waals surface area contributed by atoms with Crippen molar-refractivity contribution in [1.82, 2.24) is 0 Å². The number of fused-ring (bicyclic) bond motifs is 1. The molecule has 0 spiro atoms. The van der Waals surface area contributed by atoms with Crippen LogP contribution in [-0.4, -0.2) is 18.9 Å². The molecule has 3 rings (SSSR count). The van der Waals surface area contributed by atoms with E-state index in [0.717, 1.165) is 23.4 Å². The van der Waals surface area contributed by atoms with Crippen LogP contribution in [0.4, 0.5) is 5.69 Å². The summed E-state index contributed by atoms with van der Waals surface area (Å²) in [6, 6.07) is 13.0.